The van der Waals surface area contributed by atoms with E-state index in [4.69, 9.17) is 0 Å². The molecule has 0 bridgehead atoms. The Morgan fingerprint density at radius 3 is 2.62 bits per heavy atom. The second-order valence-corrected chi connectivity index (χ2v) is 5.75. The number of nitrogens with zero attached hydrogens (tertiary/aromatic N) is 3. The monoisotopic (exact) mass is 280 g/mol. The summed E-state index contributed by atoms with van der Waals surface area (Å²) in [6.07, 6.45) is 5.70. The van der Waals surface area contributed by atoms with Gasteiger partial charge in [-0.15, -0.1) is 0 Å². The van der Waals surface area contributed by atoms with Crippen LogP contribution in [-0.4, -0.2) is 20.9 Å². The van der Waals surface area contributed by atoms with Crippen molar-refractivity contribution in [2.75, 3.05) is 11.9 Å². The van der Waals surface area contributed by atoms with Crippen molar-refractivity contribution in [2.45, 2.75) is 20.8 Å². The van der Waals surface area contributed by atoms with Gasteiger partial charge in [0, 0.05) is 24.5 Å². The van der Waals surface area contributed by atoms with E-state index in [9.17, 15) is 0 Å². The minimum absolute atomic E-state index is 0.568. The smallest absolute Gasteiger partial charge is 0.180 e. The Morgan fingerprint density at radius 2 is 1.90 bits per heavy atom. The average Bonchev–Trinajstić information content (AvgIpc) is 2.95. The zero-order valence-corrected chi connectivity index (χ0v) is 12.7. The van der Waals surface area contributed by atoms with Crippen LogP contribution in [0.15, 0.2) is 42.9 Å². The lowest BCUT2D eigenvalue weighted by Crippen LogP contribution is -2.10. The Kier molecular flexibility index (Phi) is 3.60. The van der Waals surface area contributed by atoms with Gasteiger partial charge in [-0.2, -0.15) is 0 Å². The number of hydrogen-bond donors (Lipinski definition) is 1. The maximum atomic E-state index is 4.56. The molecule has 0 atom stereocenters. The summed E-state index contributed by atoms with van der Waals surface area (Å²) >= 11 is 0. The third kappa shape index (κ3) is 2.75. The molecule has 0 spiro atoms. The minimum Gasteiger partial charge on any atom is -0.367 e. The summed E-state index contributed by atoms with van der Waals surface area (Å²) < 4.78 is 2.08. The van der Waals surface area contributed by atoms with Gasteiger partial charge in [-0.1, -0.05) is 43.7 Å². The number of nitrogens with one attached hydrogen (secondary N) is 1. The summed E-state index contributed by atoms with van der Waals surface area (Å²) in [6, 6.07) is 8.46. The van der Waals surface area contributed by atoms with Gasteiger partial charge in [0.1, 0.15) is 0 Å². The van der Waals surface area contributed by atoms with Gasteiger partial charge in [0.15, 0.2) is 11.5 Å². The number of hydrogen-bond acceptors (Lipinski definition) is 3. The Balaban J connectivity index is 2.04. The van der Waals surface area contributed by atoms with Gasteiger partial charge in [0.05, 0.1) is 11.9 Å². The molecule has 0 fully saturated rings. The molecule has 4 nitrogen and oxygen atoms in total. The molecule has 1 N–H and O–H groups in total. The molecule has 2 heterocycles. The lowest BCUT2D eigenvalue weighted by molar-refractivity contribution is 0.687. The maximum absolute atomic E-state index is 4.56. The highest BCUT2D eigenvalue weighted by Gasteiger charge is 2.10. The predicted octanol–water partition coefficient (Wildman–Crippen LogP) is 3.77. The van der Waals surface area contributed by atoms with E-state index in [1.54, 1.807) is 0 Å². The number of anilines is 1. The normalized spacial score (nSPS) is 11.2. The van der Waals surface area contributed by atoms with Crippen molar-refractivity contribution < 1.29 is 0 Å². The SMILES string of the molecule is Cc1ccc(-c2cnc(NCC(C)C)c3nccn23)cc1. The number of benzene rings is 1. The van der Waals surface area contributed by atoms with E-state index in [1.807, 2.05) is 18.6 Å². The van der Waals surface area contributed by atoms with Gasteiger partial charge in [0.25, 0.3) is 0 Å². The molecule has 0 aliphatic carbocycles. The summed E-state index contributed by atoms with van der Waals surface area (Å²) in [5.74, 6) is 1.41. The van der Waals surface area contributed by atoms with Gasteiger partial charge < -0.3 is 5.32 Å². The average molecular weight is 280 g/mol. The standard InChI is InChI=1S/C17H20N4/c1-12(2)10-19-16-17-18-8-9-21(17)15(11-20-16)14-6-4-13(3)5-7-14/h4-9,11-12H,10H2,1-3H3,(H,19,20). The zero-order chi connectivity index (χ0) is 14.8. The molecule has 0 aliphatic rings. The topological polar surface area (TPSA) is 42.2 Å². The molecule has 0 radical (unpaired) electrons. The van der Waals surface area contributed by atoms with E-state index in [0.29, 0.717) is 5.92 Å². The molecule has 0 saturated carbocycles. The van der Waals surface area contributed by atoms with Gasteiger partial charge in [-0.05, 0) is 12.8 Å². The number of aryl methyl sites for hydroxylation is 1. The summed E-state index contributed by atoms with van der Waals surface area (Å²) in [5, 5.41) is 3.37. The zero-order valence-electron chi connectivity index (χ0n) is 12.7. The maximum Gasteiger partial charge on any atom is 0.180 e. The molecule has 3 rings (SSSR count). The van der Waals surface area contributed by atoms with E-state index in [2.05, 4.69) is 64.7 Å². The quantitative estimate of drug-likeness (QED) is 0.791. The first-order valence-electron chi connectivity index (χ1n) is 7.28. The van der Waals surface area contributed by atoms with Crippen molar-refractivity contribution >= 4 is 11.5 Å². The highest BCUT2D eigenvalue weighted by Crippen LogP contribution is 2.23. The third-order valence-corrected chi connectivity index (χ3v) is 3.45. The van der Waals surface area contributed by atoms with Crippen LogP contribution < -0.4 is 5.32 Å². The van der Waals surface area contributed by atoms with Crippen LogP contribution in [0.3, 0.4) is 0 Å². The van der Waals surface area contributed by atoms with Crippen LogP contribution in [0.1, 0.15) is 19.4 Å². The van der Waals surface area contributed by atoms with E-state index in [-0.39, 0.29) is 0 Å². The summed E-state index contributed by atoms with van der Waals surface area (Å²) in [7, 11) is 0. The molecular formula is C17H20N4. The summed E-state index contributed by atoms with van der Waals surface area (Å²) in [4.78, 5) is 8.99. The largest absolute Gasteiger partial charge is 0.367 e. The third-order valence-electron chi connectivity index (χ3n) is 3.45. The van der Waals surface area contributed by atoms with Crippen molar-refractivity contribution in [3.05, 3.63) is 48.4 Å². The van der Waals surface area contributed by atoms with Crippen molar-refractivity contribution in [1.29, 1.82) is 0 Å². The van der Waals surface area contributed by atoms with Crippen LogP contribution in [0.2, 0.25) is 0 Å². The first-order valence-corrected chi connectivity index (χ1v) is 7.28. The highest BCUT2D eigenvalue weighted by atomic mass is 15.1. The molecule has 4 heteroatoms. The summed E-state index contributed by atoms with van der Waals surface area (Å²) in [6.45, 7) is 7.33. The van der Waals surface area contributed by atoms with E-state index < -0.39 is 0 Å². The molecule has 0 aliphatic heterocycles. The molecule has 2 aromatic heterocycles. The molecular weight excluding hydrogens is 260 g/mol. The fraction of sp³-hybridized carbons (Fsp3) is 0.294. The van der Waals surface area contributed by atoms with Crippen LogP contribution in [-0.2, 0) is 0 Å². The lowest BCUT2D eigenvalue weighted by atomic mass is 10.1. The van der Waals surface area contributed by atoms with Gasteiger partial charge in [-0.25, -0.2) is 9.97 Å². The van der Waals surface area contributed by atoms with Crippen molar-refractivity contribution in [3.8, 4) is 11.3 Å². The van der Waals surface area contributed by atoms with Crippen LogP contribution in [0.25, 0.3) is 16.9 Å². The highest BCUT2D eigenvalue weighted by molar-refractivity contribution is 5.70. The van der Waals surface area contributed by atoms with Crippen LogP contribution in [0, 0.1) is 12.8 Å². The number of fused-ring (bicyclic) bond motifs is 1. The van der Waals surface area contributed by atoms with Crippen molar-refractivity contribution in [2.24, 2.45) is 5.92 Å². The minimum atomic E-state index is 0.568. The van der Waals surface area contributed by atoms with Gasteiger partial charge >= 0.3 is 0 Å². The van der Waals surface area contributed by atoms with Gasteiger partial charge in [0.2, 0.25) is 0 Å². The first kappa shape index (κ1) is 13.6. The molecule has 0 amide bonds. The van der Waals surface area contributed by atoms with Gasteiger partial charge in [-0.3, -0.25) is 4.40 Å². The van der Waals surface area contributed by atoms with Crippen LogP contribution in [0.4, 0.5) is 5.82 Å². The lowest BCUT2D eigenvalue weighted by Gasteiger charge is -2.12. The van der Waals surface area contributed by atoms with Crippen LogP contribution >= 0.6 is 0 Å². The summed E-state index contributed by atoms with van der Waals surface area (Å²) in [5.41, 5.74) is 4.32. The Morgan fingerprint density at radius 1 is 1.14 bits per heavy atom. The number of rotatable bonds is 4. The molecule has 0 unspecified atom stereocenters. The second kappa shape index (κ2) is 5.56. The predicted molar refractivity (Wildman–Crippen MR) is 86.5 cm³/mol. The molecule has 0 saturated heterocycles. The van der Waals surface area contributed by atoms with E-state index >= 15 is 0 Å². The second-order valence-electron chi connectivity index (χ2n) is 5.75. The number of imidazole rings is 1. The Labute approximate surface area is 124 Å². The fourth-order valence-electron chi connectivity index (χ4n) is 2.28. The van der Waals surface area contributed by atoms with E-state index in [0.717, 1.165) is 29.3 Å². The van der Waals surface area contributed by atoms with Crippen molar-refractivity contribution in [3.63, 3.8) is 0 Å². The molecule has 21 heavy (non-hydrogen) atoms. The van der Waals surface area contributed by atoms with E-state index in [1.165, 1.54) is 5.56 Å². The van der Waals surface area contributed by atoms with Crippen molar-refractivity contribution in [1.82, 2.24) is 14.4 Å². The number of aromatic nitrogens is 3. The molecule has 1 aromatic carbocycles. The van der Waals surface area contributed by atoms with Crippen LogP contribution in [0.5, 0.6) is 0 Å². The Hall–Kier alpha value is -2.36. The molecule has 108 valence electrons. The molecule has 3 aromatic rings. The fourth-order valence-corrected chi connectivity index (χ4v) is 2.28. The Bertz CT molecular complexity index is 741. The first-order chi connectivity index (χ1) is 10.1.